The van der Waals surface area contributed by atoms with Crippen LogP contribution in [0.15, 0.2) is 18.2 Å². The van der Waals surface area contributed by atoms with Crippen LogP contribution in [0.3, 0.4) is 0 Å². The third kappa shape index (κ3) is 3.93. The van der Waals surface area contributed by atoms with Crippen LogP contribution >= 0.6 is 11.6 Å². The summed E-state index contributed by atoms with van der Waals surface area (Å²) in [5, 5.41) is 0.223. The summed E-state index contributed by atoms with van der Waals surface area (Å²) in [4.78, 5) is 26.8. The monoisotopic (exact) mass is 300 g/mol. The molecule has 0 heterocycles. The lowest BCUT2D eigenvalue weighted by Gasteiger charge is -2.23. The summed E-state index contributed by atoms with van der Waals surface area (Å²) in [6.45, 7) is 4.80. The van der Waals surface area contributed by atoms with E-state index in [4.69, 9.17) is 11.6 Å². The second-order valence-corrected chi connectivity index (χ2v) is 4.79. The Balaban J connectivity index is 2.79. The highest BCUT2D eigenvalue weighted by Crippen LogP contribution is 2.16. The van der Waals surface area contributed by atoms with Crippen LogP contribution in [-0.2, 0) is 4.79 Å². The third-order valence-corrected chi connectivity index (χ3v) is 3.23. The summed E-state index contributed by atoms with van der Waals surface area (Å²) in [6.07, 6.45) is 0. The topological polar surface area (TPSA) is 40.6 Å². The maximum absolute atomic E-state index is 13.7. The molecule has 4 nitrogen and oxygen atoms in total. The highest BCUT2D eigenvalue weighted by molar-refractivity contribution is 6.30. The Morgan fingerprint density at radius 3 is 2.35 bits per heavy atom. The molecule has 0 radical (unpaired) electrons. The molecule has 0 unspecified atom stereocenters. The van der Waals surface area contributed by atoms with Gasteiger partial charge in [0.1, 0.15) is 5.82 Å². The molecule has 20 heavy (non-hydrogen) atoms. The normalized spacial score (nSPS) is 10.2. The predicted molar refractivity (Wildman–Crippen MR) is 76.3 cm³/mol. The molecular formula is C14H18ClFN2O2. The molecule has 0 aromatic heterocycles. The van der Waals surface area contributed by atoms with Gasteiger partial charge < -0.3 is 9.80 Å². The van der Waals surface area contributed by atoms with Crippen LogP contribution in [0.4, 0.5) is 4.39 Å². The number of benzene rings is 1. The summed E-state index contributed by atoms with van der Waals surface area (Å²) in [7, 11) is 1.47. The van der Waals surface area contributed by atoms with Crippen molar-refractivity contribution in [2.45, 2.75) is 13.8 Å². The minimum atomic E-state index is -0.690. The fourth-order valence-electron chi connectivity index (χ4n) is 1.82. The zero-order valence-electron chi connectivity index (χ0n) is 11.8. The van der Waals surface area contributed by atoms with Crippen molar-refractivity contribution in [3.63, 3.8) is 0 Å². The molecule has 0 atom stereocenters. The van der Waals surface area contributed by atoms with E-state index in [1.807, 2.05) is 13.8 Å². The molecule has 0 aliphatic carbocycles. The molecular weight excluding hydrogens is 283 g/mol. The van der Waals surface area contributed by atoms with Crippen molar-refractivity contribution in [2.75, 3.05) is 26.7 Å². The van der Waals surface area contributed by atoms with Crippen molar-refractivity contribution in [2.24, 2.45) is 0 Å². The Bertz CT molecular complexity index is 504. The van der Waals surface area contributed by atoms with E-state index in [-0.39, 0.29) is 23.0 Å². The molecule has 0 bridgehead atoms. The Hall–Kier alpha value is -1.62. The van der Waals surface area contributed by atoms with Crippen molar-refractivity contribution in [3.8, 4) is 0 Å². The molecule has 0 N–H and O–H groups in total. The quantitative estimate of drug-likeness (QED) is 0.838. The van der Waals surface area contributed by atoms with Crippen molar-refractivity contribution in [1.29, 1.82) is 0 Å². The first-order chi connectivity index (χ1) is 9.40. The van der Waals surface area contributed by atoms with Gasteiger partial charge in [0, 0.05) is 25.2 Å². The molecule has 1 aromatic carbocycles. The third-order valence-electron chi connectivity index (χ3n) is 3.00. The van der Waals surface area contributed by atoms with E-state index in [0.29, 0.717) is 13.1 Å². The fourth-order valence-corrected chi connectivity index (χ4v) is 1.98. The van der Waals surface area contributed by atoms with Gasteiger partial charge in [0.05, 0.1) is 12.1 Å². The minimum Gasteiger partial charge on any atom is -0.342 e. The summed E-state index contributed by atoms with van der Waals surface area (Å²) < 4.78 is 13.7. The molecule has 0 spiro atoms. The van der Waals surface area contributed by atoms with Gasteiger partial charge in [-0.15, -0.1) is 0 Å². The predicted octanol–water partition coefficient (Wildman–Crippen LogP) is 2.42. The molecule has 2 amide bonds. The number of carbonyl (C=O) groups excluding carboxylic acids is 2. The Morgan fingerprint density at radius 2 is 1.85 bits per heavy atom. The van der Waals surface area contributed by atoms with E-state index in [1.54, 1.807) is 4.90 Å². The van der Waals surface area contributed by atoms with Crippen molar-refractivity contribution in [3.05, 3.63) is 34.6 Å². The van der Waals surface area contributed by atoms with E-state index >= 15 is 0 Å². The lowest BCUT2D eigenvalue weighted by atomic mass is 10.2. The molecule has 6 heteroatoms. The average Bonchev–Trinajstić information content (AvgIpc) is 2.39. The number of likely N-dealkylation sites (N-methyl/N-ethyl adjacent to an activating group) is 2. The lowest BCUT2D eigenvalue weighted by Crippen LogP contribution is -2.41. The minimum absolute atomic E-state index is 0.0808. The number of amides is 2. The molecule has 0 aliphatic heterocycles. The van der Waals surface area contributed by atoms with Crippen molar-refractivity contribution >= 4 is 23.4 Å². The van der Waals surface area contributed by atoms with E-state index in [0.717, 1.165) is 6.07 Å². The van der Waals surface area contributed by atoms with Crippen LogP contribution in [-0.4, -0.2) is 48.3 Å². The smallest absolute Gasteiger partial charge is 0.257 e. The summed E-state index contributed by atoms with van der Waals surface area (Å²) in [5.41, 5.74) is -0.0933. The molecule has 1 rings (SSSR count). The largest absolute Gasteiger partial charge is 0.342 e. The first kappa shape index (κ1) is 16.4. The van der Waals surface area contributed by atoms with Gasteiger partial charge in [-0.2, -0.15) is 0 Å². The van der Waals surface area contributed by atoms with Gasteiger partial charge in [-0.25, -0.2) is 4.39 Å². The van der Waals surface area contributed by atoms with Crippen LogP contribution in [0.2, 0.25) is 5.02 Å². The van der Waals surface area contributed by atoms with Gasteiger partial charge >= 0.3 is 0 Å². The SMILES string of the molecule is CCN(CC)C(=O)CN(C)C(=O)c1ccc(Cl)cc1F. The molecule has 0 saturated carbocycles. The van der Waals surface area contributed by atoms with Gasteiger partial charge in [0.15, 0.2) is 0 Å². The Kier molecular flexibility index (Phi) is 5.95. The lowest BCUT2D eigenvalue weighted by molar-refractivity contribution is -0.131. The van der Waals surface area contributed by atoms with Crippen molar-refractivity contribution in [1.82, 2.24) is 9.80 Å². The molecule has 0 aliphatic rings. The number of carbonyl (C=O) groups is 2. The van der Waals surface area contributed by atoms with Gasteiger partial charge in [-0.05, 0) is 32.0 Å². The number of rotatable bonds is 5. The van der Waals surface area contributed by atoms with Crippen molar-refractivity contribution < 1.29 is 14.0 Å². The second-order valence-electron chi connectivity index (χ2n) is 4.35. The van der Waals surface area contributed by atoms with E-state index in [1.165, 1.54) is 24.1 Å². The highest BCUT2D eigenvalue weighted by Gasteiger charge is 2.20. The van der Waals surface area contributed by atoms with E-state index in [2.05, 4.69) is 0 Å². The van der Waals surface area contributed by atoms with Crippen LogP contribution in [0.25, 0.3) is 0 Å². The Morgan fingerprint density at radius 1 is 1.25 bits per heavy atom. The fraction of sp³-hybridized carbons (Fsp3) is 0.429. The average molecular weight is 301 g/mol. The van der Waals surface area contributed by atoms with E-state index in [9.17, 15) is 14.0 Å². The van der Waals surface area contributed by atoms with Gasteiger partial charge in [-0.3, -0.25) is 9.59 Å². The second kappa shape index (κ2) is 7.24. The van der Waals surface area contributed by atoms with Crippen LogP contribution < -0.4 is 0 Å². The summed E-state index contributed by atoms with van der Waals surface area (Å²) in [6, 6.07) is 3.84. The van der Waals surface area contributed by atoms with Crippen LogP contribution in [0.1, 0.15) is 24.2 Å². The number of halogens is 2. The van der Waals surface area contributed by atoms with Gasteiger partial charge in [0.2, 0.25) is 5.91 Å². The molecule has 0 fully saturated rings. The summed E-state index contributed by atoms with van der Waals surface area (Å²) >= 11 is 5.64. The zero-order valence-corrected chi connectivity index (χ0v) is 12.6. The number of hydrogen-bond acceptors (Lipinski definition) is 2. The maximum Gasteiger partial charge on any atom is 0.257 e. The maximum atomic E-state index is 13.7. The summed E-state index contributed by atoms with van der Waals surface area (Å²) in [5.74, 6) is -1.40. The first-order valence-corrected chi connectivity index (χ1v) is 6.76. The number of nitrogens with zero attached hydrogens (tertiary/aromatic N) is 2. The molecule has 110 valence electrons. The standard InChI is InChI=1S/C14H18ClFN2O2/c1-4-18(5-2)13(19)9-17(3)14(20)11-7-6-10(15)8-12(11)16/h6-8H,4-5,9H2,1-3H3. The first-order valence-electron chi connectivity index (χ1n) is 6.39. The Labute approximate surface area is 123 Å². The molecule has 0 saturated heterocycles. The van der Waals surface area contributed by atoms with Crippen LogP contribution in [0, 0.1) is 5.82 Å². The zero-order chi connectivity index (χ0) is 15.3. The van der Waals surface area contributed by atoms with Gasteiger partial charge in [-0.1, -0.05) is 11.6 Å². The van der Waals surface area contributed by atoms with Crippen LogP contribution in [0.5, 0.6) is 0 Å². The van der Waals surface area contributed by atoms with E-state index < -0.39 is 11.7 Å². The highest BCUT2D eigenvalue weighted by atomic mass is 35.5. The number of hydrogen-bond donors (Lipinski definition) is 0. The molecule has 1 aromatic rings. The van der Waals surface area contributed by atoms with Gasteiger partial charge in [0.25, 0.3) is 5.91 Å².